The molecule has 1 saturated heterocycles. The van der Waals surface area contributed by atoms with E-state index in [9.17, 15) is 19.2 Å². The number of aliphatic carboxylic acids is 1. The van der Waals surface area contributed by atoms with E-state index in [0.717, 1.165) is 0 Å². The van der Waals surface area contributed by atoms with E-state index in [2.05, 4.69) is 20.6 Å². The van der Waals surface area contributed by atoms with Crippen molar-refractivity contribution in [2.24, 2.45) is 11.7 Å². The molecule has 6 N–H and O–H groups in total. The summed E-state index contributed by atoms with van der Waals surface area (Å²) in [6.07, 6.45) is 4.76. The number of aromatic amines is 1. The van der Waals surface area contributed by atoms with Crippen LogP contribution in [0.2, 0.25) is 0 Å². The largest absolute Gasteiger partial charge is 0.480 e. The molecule has 2 heterocycles. The number of imidazole rings is 1. The molecule has 0 bridgehead atoms. The number of hydrogen-bond acceptors (Lipinski definition) is 6. The Labute approximate surface area is 181 Å². The summed E-state index contributed by atoms with van der Waals surface area (Å²) in [7, 11) is 0. The van der Waals surface area contributed by atoms with Crippen LogP contribution in [-0.2, 0) is 25.6 Å². The molecule has 1 aliphatic rings. The summed E-state index contributed by atoms with van der Waals surface area (Å²) < 4.78 is 0. The molecule has 2 rings (SSSR count). The van der Waals surface area contributed by atoms with Crippen molar-refractivity contribution in [2.75, 3.05) is 6.54 Å². The van der Waals surface area contributed by atoms with E-state index in [1.807, 2.05) is 13.8 Å². The quantitative estimate of drug-likeness (QED) is 0.326. The van der Waals surface area contributed by atoms with Crippen molar-refractivity contribution < 1.29 is 24.3 Å². The van der Waals surface area contributed by atoms with E-state index < -0.39 is 42.0 Å². The number of carboxylic acid groups (broad SMARTS) is 1. The number of H-pyrrole nitrogens is 1. The van der Waals surface area contributed by atoms with Gasteiger partial charge in [0.1, 0.15) is 18.1 Å². The van der Waals surface area contributed by atoms with E-state index in [-0.39, 0.29) is 18.2 Å². The van der Waals surface area contributed by atoms with Crippen LogP contribution in [0.25, 0.3) is 0 Å². The molecule has 31 heavy (non-hydrogen) atoms. The highest BCUT2D eigenvalue weighted by atomic mass is 16.4. The summed E-state index contributed by atoms with van der Waals surface area (Å²) in [6, 6.07) is -3.51. The molecular weight excluding hydrogens is 404 g/mol. The summed E-state index contributed by atoms with van der Waals surface area (Å²) in [5.74, 6) is -2.38. The number of nitrogens with zero attached hydrogens (tertiary/aromatic N) is 2. The average molecular weight is 437 g/mol. The molecule has 4 unspecified atom stereocenters. The predicted octanol–water partition coefficient (Wildman–Crippen LogP) is -0.609. The Morgan fingerprint density at radius 1 is 1.29 bits per heavy atom. The number of carboxylic acids is 1. The SMILES string of the molecule is CC(C)CC(NC(=O)C(N)Cc1cnc[nH]1)C(=O)N1CCCC1C(=O)NC(C)C(=O)O. The van der Waals surface area contributed by atoms with Crippen molar-refractivity contribution in [3.63, 3.8) is 0 Å². The second-order valence-electron chi connectivity index (χ2n) is 8.34. The number of aromatic nitrogens is 2. The molecule has 0 spiro atoms. The third kappa shape index (κ3) is 6.78. The summed E-state index contributed by atoms with van der Waals surface area (Å²) in [5, 5.41) is 14.2. The Balaban J connectivity index is 2.07. The van der Waals surface area contributed by atoms with Crippen LogP contribution in [-0.4, -0.2) is 74.4 Å². The van der Waals surface area contributed by atoms with Crippen LogP contribution in [0.3, 0.4) is 0 Å². The van der Waals surface area contributed by atoms with Crippen LogP contribution < -0.4 is 16.4 Å². The molecule has 11 heteroatoms. The normalized spacial score (nSPS) is 19.0. The Bertz CT molecular complexity index is 781. The van der Waals surface area contributed by atoms with Gasteiger partial charge in [-0.2, -0.15) is 0 Å². The van der Waals surface area contributed by atoms with E-state index in [1.165, 1.54) is 18.2 Å². The molecule has 1 fully saturated rings. The van der Waals surface area contributed by atoms with Gasteiger partial charge in [0.15, 0.2) is 0 Å². The van der Waals surface area contributed by atoms with Crippen molar-refractivity contribution in [3.8, 4) is 0 Å². The Morgan fingerprint density at radius 3 is 2.58 bits per heavy atom. The molecule has 1 aromatic heterocycles. The standard InChI is InChI=1S/C20H32N6O5/c1-11(2)7-15(25-17(27)14(21)8-13-9-22-10-23-13)19(29)26-6-4-5-16(26)18(28)24-12(3)20(30)31/h9-12,14-16H,4-8,21H2,1-3H3,(H,22,23)(H,24,28)(H,25,27)(H,30,31). The monoisotopic (exact) mass is 436 g/mol. The minimum absolute atomic E-state index is 0.111. The van der Waals surface area contributed by atoms with Crippen LogP contribution >= 0.6 is 0 Å². The number of hydrogen-bond donors (Lipinski definition) is 5. The molecule has 0 aromatic carbocycles. The Hall–Kier alpha value is -2.95. The highest BCUT2D eigenvalue weighted by Crippen LogP contribution is 2.20. The van der Waals surface area contributed by atoms with Crippen LogP contribution in [0, 0.1) is 5.92 Å². The second kappa shape index (κ2) is 10.9. The average Bonchev–Trinajstić information content (AvgIpc) is 3.38. The van der Waals surface area contributed by atoms with Crippen LogP contribution in [0.5, 0.6) is 0 Å². The number of likely N-dealkylation sites (tertiary alicyclic amines) is 1. The summed E-state index contributed by atoms with van der Waals surface area (Å²) in [5.41, 5.74) is 6.70. The maximum atomic E-state index is 13.2. The van der Waals surface area contributed by atoms with E-state index >= 15 is 0 Å². The molecule has 0 saturated carbocycles. The van der Waals surface area contributed by atoms with Gasteiger partial charge in [0.25, 0.3) is 0 Å². The molecule has 11 nitrogen and oxygen atoms in total. The first-order valence-electron chi connectivity index (χ1n) is 10.5. The molecular formula is C20H32N6O5. The predicted molar refractivity (Wildman–Crippen MR) is 112 cm³/mol. The summed E-state index contributed by atoms with van der Waals surface area (Å²) in [4.78, 5) is 57.7. The lowest BCUT2D eigenvalue weighted by Gasteiger charge is -2.30. The summed E-state index contributed by atoms with van der Waals surface area (Å²) >= 11 is 0. The smallest absolute Gasteiger partial charge is 0.325 e. The van der Waals surface area contributed by atoms with Crippen molar-refractivity contribution in [2.45, 2.75) is 70.6 Å². The lowest BCUT2D eigenvalue weighted by atomic mass is 10.0. The minimum Gasteiger partial charge on any atom is -0.480 e. The molecule has 1 aromatic rings. The van der Waals surface area contributed by atoms with Gasteiger partial charge >= 0.3 is 5.97 Å². The van der Waals surface area contributed by atoms with Gasteiger partial charge < -0.3 is 31.4 Å². The van der Waals surface area contributed by atoms with E-state index in [0.29, 0.717) is 31.5 Å². The zero-order chi connectivity index (χ0) is 23.1. The number of nitrogens with one attached hydrogen (secondary N) is 3. The lowest BCUT2D eigenvalue weighted by Crippen LogP contribution is -2.57. The first-order valence-corrected chi connectivity index (χ1v) is 10.5. The zero-order valence-electron chi connectivity index (χ0n) is 18.1. The van der Waals surface area contributed by atoms with Gasteiger partial charge in [-0.1, -0.05) is 13.8 Å². The van der Waals surface area contributed by atoms with Crippen molar-refractivity contribution in [3.05, 3.63) is 18.2 Å². The van der Waals surface area contributed by atoms with E-state index in [1.54, 1.807) is 6.20 Å². The molecule has 1 aliphatic heterocycles. The van der Waals surface area contributed by atoms with Crippen LogP contribution in [0.1, 0.15) is 45.7 Å². The van der Waals surface area contributed by atoms with Gasteiger partial charge in [0, 0.05) is 24.9 Å². The van der Waals surface area contributed by atoms with Gasteiger partial charge in [-0.15, -0.1) is 0 Å². The zero-order valence-corrected chi connectivity index (χ0v) is 18.1. The fourth-order valence-corrected chi connectivity index (χ4v) is 3.57. The fourth-order valence-electron chi connectivity index (χ4n) is 3.57. The number of amides is 3. The summed E-state index contributed by atoms with van der Waals surface area (Å²) in [6.45, 7) is 5.59. The van der Waals surface area contributed by atoms with Crippen molar-refractivity contribution in [1.29, 1.82) is 0 Å². The Morgan fingerprint density at radius 2 is 2.00 bits per heavy atom. The van der Waals surface area contributed by atoms with Gasteiger partial charge in [-0.3, -0.25) is 19.2 Å². The number of carbonyl (C=O) groups is 4. The van der Waals surface area contributed by atoms with Gasteiger partial charge in [0.2, 0.25) is 17.7 Å². The van der Waals surface area contributed by atoms with Crippen LogP contribution in [0.15, 0.2) is 12.5 Å². The third-order valence-electron chi connectivity index (χ3n) is 5.22. The van der Waals surface area contributed by atoms with E-state index in [4.69, 9.17) is 10.8 Å². The first-order chi connectivity index (χ1) is 14.6. The third-order valence-corrected chi connectivity index (χ3v) is 5.22. The minimum atomic E-state index is -1.15. The van der Waals surface area contributed by atoms with Crippen molar-refractivity contribution in [1.82, 2.24) is 25.5 Å². The maximum absolute atomic E-state index is 13.2. The number of rotatable bonds is 10. The van der Waals surface area contributed by atoms with Gasteiger partial charge in [0.05, 0.1) is 12.4 Å². The Kier molecular flexibility index (Phi) is 8.55. The van der Waals surface area contributed by atoms with Gasteiger partial charge in [-0.05, 0) is 32.1 Å². The lowest BCUT2D eigenvalue weighted by molar-refractivity contribution is -0.144. The van der Waals surface area contributed by atoms with Gasteiger partial charge in [-0.25, -0.2) is 4.98 Å². The molecule has 4 atom stereocenters. The fraction of sp³-hybridized carbons (Fsp3) is 0.650. The topological polar surface area (TPSA) is 171 Å². The molecule has 3 amide bonds. The second-order valence-corrected chi connectivity index (χ2v) is 8.34. The van der Waals surface area contributed by atoms with Crippen LogP contribution in [0.4, 0.5) is 0 Å². The molecule has 0 aliphatic carbocycles. The highest BCUT2D eigenvalue weighted by molar-refractivity contribution is 5.94. The number of nitrogens with two attached hydrogens (primary N) is 1. The first kappa shape index (κ1) is 24.3. The molecule has 0 radical (unpaired) electrons. The maximum Gasteiger partial charge on any atom is 0.325 e. The highest BCUT2D eigenvalue weighted by Gasteiger charge is 2.38. The molecule has 172 valence electrons. The van der Waals surface area contributed by atoms with Crippen molar-refractivity contribution >= 4 is 23.7 Å². The number of carbonyl (C=O) groups excluding carboxylic acids is 3.